The zero-order valence-corrected chi connectivity index (χ0v) is 15.5. The average molecular weight is 370 g/mol. The first-order chi connectivity index (χ1) is 12.0. The maximum atomic E-state index is 13.4. The number of thiocarbonyl (C=S) groups is 1. The Labute approximate surface area is 157 Å². The van der Waals surface area contributed by atoms with Gasteiger partial charge in [-0.1, -0.05) is 54.2 Å². The summed E-state index contributed by atoms with van der Waals surface area (Å²) in [5.74, 6) is -0.281. The molecule has 0 amide bonds. The van der Waals surface area contributed by atoms with E-state index in [1.807, 2.05) is 56.3 Å². The predicted molar refractivity (Wildman–Crippen MR) is 108 cm³/mol. The number of aryl methyl sites for hydroxylation is 2. The molecule has 25 heavy (non-hydrogen) atoms. The molecule has 0 radical (unpaired) electrons. The number of benzene rings is 3. The monoisotopic (exact) mass is 369 g/mol. The maximum Gasteiger partial charge on any atom is 0.125 e. The minimum atomic E-state index is -0.281. The predicted octanol–water partition coefficient (Wildman–Crippen LogP) is 6.61. The quantitative estimate of drug-likeness (QED) is 0.410. The van der Waals surface area contributed by atoms with E-state index in [1.165, 1.54) is 12.1 Å². The molecule has 0 unspecified atom stereocenters. The number of rotatable bonds is 4. The molecule has 0 spiro atoms. The normalized spacial score (nSPS) is 10.6. The summed E-state index contributed by atoms with van der Waals surface area (Å²) >= 11 is 12.1. The summed E-state index contributed by atoms with van der Waals surface area (Å²) in [6, 6.07) is 18.2. The summed E-state index contributed by atoms with van der Waals surface area (Å²) in [6.07, 6.45) is 0. The summed E-state index contributed by atoms with van der Waals surface area (Å²) in [4.78, 5) is 0.719. The van der Waals surface area contributed by atoms with Gasteiger partial charge in [0.05, 0.1) is 9.89 Å². The van der Waals surface area contributed by atoms with E-state index in [9.17, 15) is 4.39 Å². The Morgan fingerprint density at radius 3 is 2.40 bits per heavy atom. The summed E-state index contributed by atoms with van der Waals surface area (Å²) in [5.41, 5.74) is 5.38. The van der Waals surface area contributed by atoms with E-state index >= 15 is 0 Å². The van der Waals surface area contributed by atoms with Gasteiger partial charge in [0, 0.05) is 16.9 Å². The van der Waals surface area contributed by atoms with E-state index < -0.39 is 0 Å². The van der Waals surface area contributed by atoms with Gasteiger partial charge in [-0.3, -0.25) is 0 Å². The van der Waals surface area contributed by atoms with Crippen molar-refractivity contribution in [1.82, 2.24) is 0 Å². The largest absolute Gasteiger partial charge is 0.355 e. The maximum absolute atomic E-state index is 13.4. The van der Waals surface area contributed by atoms with Gasteiger partial charge in [0.25, 0.3) is 0 Å². The van der Waals surface area contributed by atoms with Crippen LogP contribution in [0.3, 0.4) is 0 Å². The van der Waals surface area contributed by atoms with Crippen LogP contribution in [0.1, 0.15) is 22.3 Å². The van der Waals surface area contributed by atoms with Gasteiger partial charge < -0.3 is 5.32 Å². The Hall–Kier alpha value is -2.23. The first-order valence-electron chi connectivity index (χ1n) is 7.89. The van der Waals surface area contributed by atoms with Crippen molar-refractivity contribution in [2.45, 2.75) is 13.8 Å². The molecular formula is C21H17ClFNS. The molecule has 3 aromatic rings. The number of nitrogens with one attached hydrogen (secondary N) is 1. The molecule has 126 valence electrons. The first kappa shape index (κ1) is 17.6. The zero-order valence-electron chi connectivity index (χ0n) is 13.9. The number of anilines is 2. The van der Waals surface area contributed by atoms with Crippen molar-refractivity contribution in [1.29, 1.82) is 0 Å². The molecule has 0 fully saturated rings. The second-order valence-electron chi connectivity index (χ2n) is 5.92. The molecule has 0 aromatic heterocycles. The smallest absolute Gasteiger partial charge is 0.125 e. The molecule has 0 aliphatic rings. The Bertz CT molecular complexity index is 952. The van der Waals surface area contributed by atoms with Gasteiger partial charge in [0.2, 0.25) is 0 Å². The van der Waals surface area contributed by atoms with Crippen molar-refractivity contribution >= 4 is 40.1 Å². The third-order valence-corrected chi connectivity index (χ3v) is 4.83. The van der Waals surface area contributed by atoms with Crippen LogP contribution in [0.2, 0.25) is 5.02 Å². The topological polar surface area (TPSA) is 12.0 Å². The van der Waals surface area contributed by atoms with Crippen molar-refractivity contribution in [2.75, 3.05) is 5.32 Å². The van der Waals surface area contributed by atoms with Crippen molar-refractivity contribution in [3.05, 3.63) is 93.8 Å². The third-order valence-electron chi connectivity index (χ3n) is 4.08. The van der Waals surface area contributed by atoms with E-state index in [-0.39, 0.29) is 5.82 Å². The standard InChI is InChI=1S/C21H17ClFNS/c1-13-5-3-4-6-17(13)21(25)18-10-9-16(12-19(18)22)24-20-11-15(23)8-7-14(20)2/h3-12,24H,1-2H3. The molecule has 1 nitrogen and oxygen atoms in total. The Morgan fingerprint density at radius 1 is 0.920 bits per heavy atom. The zero-order chi connectivity index (χ0) is 18.0. The molecule has 1 N–H and O–H groups in total. The van der Waals surface area contributed by atoms with Gasteiger partial charge in [0.1, 0.15) is 5.82 Å². The van der Waals surface area contributed by atoms with Crippen molar-refractivity contribution < 1.29 is 4.39 Å². The van der Waals surface area contributed by atoms with Gasteiger partial charge in [-0.25, -0.2) is 4.39 Å². The van der Waals surface area contributed by atoms with Gasteiger partial charge in [0.15, 0.2) is 0 Å². The van der Waals surface area contributed by atoms with Gasteiger partial charge in [-0.15, -0.1) is 0 Å². The van der Waals surface area contributed by atoms with Crippen molar-refractivity contribution in [3.8, 4) is 0 Å². The molecule has 3 rings (SSSR count). The highest BCUT2D eigenvalue weighted by atomic mass is 35.5. The fourth-order valence-corrected chi connectivity index (χ4v) is 3.37. The van der Waals surface area contributed by atoms with Crippen LogP contribution in [0.15, 0.2) is 60.7 Å². The minimum Gasteiger partial charge on any atom is -0.355 e. The van der Waals surface area contributed by atoms with Crippen LogP contribution in [-0.2, 0) is 0 Å². The van der Waals surface area contributed by atoms with E-state index in [0.29, 0.717) is 10.7 Å². The summed E-state index contributed by atoms with van der Waals surface area (Å²) < 4.78 is 13.4. The lowest BCUT2D eigenvalue weighted by Crippen LogP contribution is -2.03. The van der Waals surface area contributed by atoms with E-state index in [4.69, 9.17) is 23.8 Å². The number of hydrogen-bond donors (Lipinski definition) is 1. The fraction of sp³-hybridized carbons (Fsp3) is 0.0952. The van der Waals surface area contributed by atoms with Gasteiger partial charge in [-0.05, 0) is 60.9 Å². The van der Waals surface area contributed by atoms with E-state index in [0.717, 1.165) is 32.8 Å². The Morgan fingerprint density at radius 2 is 1.68 bits per heavy atom. The van der Waals surface area contributed by atoms with Crippen molar-refractivity contribution in [3.63, 3.8) is 0 Å². The van der Waals surface area contributed by atoms with Gasteiger partial charge >= 0.3 is 0 Å². The minimum absolute atomic E-state index is 0.281. The highest BCUT2D eigenvalue weighted by Gasteiger charge is 2.12. The van der Waals surface area contributed by atoms with Crippen molar-refractivity contribution in [2.24, 2.45) is 0 Å². The lowest BCUT2D eigenvalue weighted by Gasteiger charge is -2.13. The molecular weight excluding hydrogens is 353 g/mol. The molecule has 4 heteroatoms. The van der Waals surface area contributed by atoms with Crippen LogP contribution in [0.25, 0.3) is 0 Å². The lowest BCUT2D eigenvalue weighted by atomic mass is 10.00. The highest BCUT2D eigenvalue weighted by Crippen LogP contribution is 2.28. The molecule has 0 aliphatic carbocycles. The molecule has 3 aromatic carbocycles. The summed E-state index contributed by atoms with van der Waals surface area (Å²) in [7, 11) is 0. The molecule has 0 saturated carbocycles. The lowest BCUT2D eigenvalue weighted by molar-refractivity contribution is 0.628. The molecule has 0 aliphatic heterocycles. The SMILES string of the molecule is Cc1ccc(F)cc1Nc1ccc(C(=S)c2ccccc2C)c(Cl)c1. The summed E-state index contributed by atoms with van der Waals surface area (Å²) in [6.45, 7) is 3.95. The van der Waals surface area contributed by atoms with Crippen LogP contribution in [-0.4, -0.2) is 4.86 Å². The van der Waals surface area contributed by atoms with Crippen LogP contribution in [0.5, 0.6) is 0 Å². The fourth-order valence-electron chi connectivity index (χ4n) is 2.63. The molecule has 0 atom stereocenters. The van der Waals surface area contributed by atoms with Crippen LogP contribution in [0, 0.1) is 19.7 Å². The second kappa shape index (κ2) is 7.34. The highest BCUT2D eigenvalue weighted by molar-refractivity contribution is 7.81. The van der Waals surface area contributed by atoms with Gasteiger partial charge in [-0.2, -0.15) is 0 Å². The molecule has 0 bridgehead atoms. The summed E-state index contributed by atoms with van der Waals surface area (Å²) in [5, 5.41) is 3.77. The average Bonchev–Trinajstić information content (AvgIpc) is 2.58. The Balaban J connectivity index is 1.90. The van der Waals surface area contributed by atoms with Crippen LogP contribution in [0.4, 0.5) is 15.8 Å². The second-order valence-corrected chi connectivity index (χ2v) is 6.74. The molecule has 0 heterocycles. The van der Waals surface area contributed by atoms with Crippen LogP contribution >= 0.6 is 23.8 Å². The third kappa shape index (κ3) is 3.89. The number of halogens is 2. The van der Waals surface area contributed by atoms with Crippen LogP contribution < -0.4 is 5.32 Å². The van der Waals surface area contributed by atoms with E-state index in [2.05, 4.69) is 5.32 Å². The Kier molecular flexibility index (Phi) is 5.16. The molecule has 0 saturated heterocycles. The first-order valence-corrected chi connectivity index (χ1v) is 8.67. The van der Waals surface area contributed by atoms with E-state index in [1.54, 1.807) is 6.07 Å². The number of hydrogen-bond acceptors (Lipinski definition) is 2.